The third-order valence-corrected chi connectivity index (χ3v) is 7.78. The van der Waals surface area contributed by atoms with E-state index in [1.807, 2.05) is 24.3 Å². The van der Waals surface area contributed by atoms with Gasteiger partial charge in [-0.25, -0.2) is 14.5 Å². The zero-order valence-electron chi connectivity index (χ0n) is 26.1. The third kappa shape index (κ3) is 6.44. The molecule has 0 saturated heterocycles. The second-order valence-corrected chi connectivity index (χ2v) is 11.0. The smallest absolute Gasteiger partial charge is 0.337 e. The van der Waals surface area contributed by atoms with Gasteiger partial charge in [0.15, 0.2) is 5.75 Å². The van der Waals surface area contributed by atoms with Crippen molar-refractivity contribution in [2.75, 3.05) is 5.32 Å². The van der Waals surface area contributed by atoms with Crippen LogP contribution in [0.3, 0.4) is 0 Å². The Balaban J connectivity index is 1.18. The molecule has 0 aliphatic heterocycles. The minimum atomic E-state index is -1.28. The van der Waals surface area contributed by atoms with Gasteiger partial charge in [-0.2, -0.15) is 5.10 Å². The predicted molar refractivity (Wildman–Crippen MR) is 185 cm³/mol. The number of fused-ring (bicyclic) bond motifs is 1. The highest BCUT2D eigenvalue weighted by molar-refractivity contribution is 6.12. The number of nitrogens with one attached hydrogen (secondary N) is 1. The first kappa shape index (κ1) is 31.3. The van der Waals surface area contributed by atoms with Crippen LogP contribution in [0.4, 0.5) is 5.69 Å². The lowest BCUT2D eigenvalue weighted by atomic mass is 9.94. The molecule has 0 unspecified atom stereocenters. The molecule has 0 fully saturated rings. The number of carbonyl (C=O) groups is 3. The number of nitrogens with two attached hydrogens (primary N) is 1. The summed E-state index contributed by atoms with van der Waals surface area (Å²) in [6, 6.07) is 31.9. The topological polar surface area (TPSA) is 172 Å². The highest BCUT2D eigenvalue weighted by Gasteiger charge is 2.22. The Morgan fingerprint density at radius 3 is 2.20 bits per heavy atom. The van der Waals surface area contributed by atoms with Crippen LogP contribution >= 0.6 is 0 Å². The maximum Gasteiger partial charge on any atom is 0.337 e. The molecule has 2 heterocycles. The van der Waals surface area contributed by atoms with E-state index < -0.39 is 17.8 Å². The molecule has 0 aliphatic rings. The molecule has 7 rings (SSSR count). The van der Waals surface area contributed by atoms with E-state index in [-0.39, 0.29) is 33.5 Å². The predicted octanol–water partition coefficient (Wildman–Crippen LogP) is 7.12. The average Bonchev–Trinajstić information content (AvgIpc) is 3.68. The van der Waals surface area contributed by atoms with Crippen molar-refractivity contribution >= 4 is 34.4 Å². The quantitative estimate of drug-likeness (QED) is 0.138. The van der Waals surface area contributed by atoms with Gasteiger partial charge >= 0.3 is 5.97 Å². The summed E-state index contributed by atoms with van der Waals surface area (Å²) in [6.45, 7) is 0. The van der Waals surface area contributed by atoms with Crippen LogP contribution in [0.15, 0.2) is 134 Å². The van der Waals surface area contributed by atoms with Crippen molar-refractivity contribution < 1.29 is 29.0 Å². The number of hydrogen-bond donors (Lipinski definition) is 3. The number of rotatable bonds is 10. The molecule has 12 nitrogen and oxygen atoms in total. The van der Waals surface area contributed by atoms with Gasteiger partial charge in [-0.05, 0) is 84.9 Å². The van der Waals surface area contributed by atoms with E-state index in [9.17, 15) is 19.5 Å². The zero-order valence-corrected chi connectivity index (χ0v) is 26.1. The number of anilines is 1. The molecule has 7 aromatic rings. The Bertz CT molecular complexity index is 2370. The Morgan fingerprint density at radius 2 is 1.46 bits per heavy atom. The summed E-state index contributed by atoms with van der Waals surface area (Å²) in [4.78, 5) is 46.9. The Labute approximate surface area is 284 Å². The van der Waals surface area contributed by atoms with Gasteiger partial charge in [0.25, 0.3) is 5.91 Å². The number of primary amides is 1. The normalized spacial score (nSPS) is 10.8. The number of amides is 2. The largest absolute Gasteiger partial charge is 0.478 e. The molecule has 0 saturated carbocycles. The summed E-state index contributed by atoms with van der Waals surface area (Å²) in [6.07, 6.45) is 4.68. The monoisotopic (exact) mass is 662 g/mol. The third-order valence-electron chi connectivity index (χ3n) is 7.78. The van der Waals surface area contributed by atoms with Crippen LogP contribution in [0.5, 0.6) is 23.0 Å². The molecule has 0 atom stereocenters. The Morgan fingerprint density at radius 1 is 0.740 bits per heavy atom. The number of hydrogen-bond acceptors (Lipinski definition) is 8. The molecule has 2 aromatic heterocycles. The number of carbonyl (C=O) groups excluding carboxylic acids is 2. The first-order chi connectivity index (χ1) is 24.3. The van der Waals surface area contributed by atoms with Crippen LogP contribution in [0.25, 0.3) is 27.7 Å². The fourth-order valence-electron chi connectivity index (χ4n) is 5.40. The van der Waals surface area contributed by atoms with Gasteiger partial charge in [0.1, 0.15) is 35.4 Å². The molecular formula is C38H26N6O6. The van der Waals surface area contributed by atoms with Gasteiger partial charge in [-0.1, -0.05) is 30.3 Å². The Hall–Kier alpha value is -7.34. The van der Waals surface area contributed by atoms with E-state index in [0.717, 1.165) is 11.1 Å². The molecule has 12 heteroatoms. The lowest BCUT2D eigenvalue weighted by Gasteiger charge is -2.17. The minimum absolute atomic E-state index is 0.0241. The van der Waals surface area contributed by atoms with Crippen LogP contribution < -0.4 is 20.5 Å². The first-order valence-corrected chi connectivity index (χ1v) is 15.2. The van der Waals surface area contributed by atoms with Crippen molar-refractivity contribution in [1.29, 1.82) is 0 Å². The molecule has 0 radical (unpaired) electrons. The van der Waals surface area contributed by atoms with Gasteiger partial charge in [0.2, 0.25) is 5.91 Å². The molecule has 0 spiro atoms. The van der Waals surface area contributed by atoms with E-state index in [2.05, 4.69) is 20.4 Å². The maximum atomic E-state index is 13.6. The second kappa shape index (κ2) is 13.4. The second-order valence-electron chi connectivity index (χ2n) is 11.0. The summed E-state index contributed by atoms with van der Waals surface area (Å²) in [5.74, 6) is -0.757. The fourth-order valence-corrected chi connectivity index (χ4v) is 5.40. The lowest BCUT2D eigenvalue weighted by Crippen LogP contribution is -2.17. The van der Waals surface area contributed by atoms with Crippen molar-refractivity contribution in [2.45, 2.75) is 0 Å². The molecular weight excluding hydrogens is 636 g/mol. The number of benzene rings is 5. The van der Waals surface area contributed by atoms with Crippen LogP contribution in [0, 0.1) is 0 Å². The van der Waals surface area contributed by atoms with E-state index in [1.165, 1.54) is 24.5 Å². The van der Waals surface area contributed by atoms with Crippen LogP contribution in [0.2, 0.25) is 0 Å². The summed E-state index contributed by atoms with van der Waals surface area (Å²) in [5, 5.41) is 17.9. The van der Waals surface area contributed by atoms with Crippen molar-refractivity contribution in [3.05, 3.63) is 151 Å². The van der Waals surface area contributed by atoms with Gasteiger partial charge < -0.3 is 25.6 Å². The van der Waals surface area contributed by atoms with Gasteiger partial charge in [-0.3, -0.25) is 14.6 Å². The molecule has 244 valence electrons. The number of ether oxygens (including phenoxy) is 2. The Kier molecular flexibility index (Phi) is 8.39. The van der Waals surface area contributed by atoms with Crippen LogP contribution in [-0.4, -0.2) is 42.6 Å². The number of carboxylic acids is 1. The first-order valence-electron chi connectivity index (χ1n) is 15.2. The van der Waals surface area contributed by atoms with Crippen molar-refractivity contribution in [1.82, 2.24) is 19.7 Å². The molecule has 2 amide bonds. The number of nitrogens with zero attached hydrogens (tertiary/aromatic N) is 4. The molecule has 50 heavy (non-hydrogen) atoms. The summed E-state index contributed by atoms with van der Waals surface area (Å²) in [5.41, 5.74) is 7.85. The molecule has 4 N–H and O–H groups in total. The summed E-state index contributed by atoms with van der Waals surface area (Å²) >= 11 is 0. The van der Waals surface area contributed by atoms with Gasteiger partial charge in [0.05, 0.1) is 16.9 Å². The average molecular weight is 663 g/mol. The molecule has 5 aromatic carbocycles. The van der Waals surface area contributed by atoms with Crippen molar-refractivity contribution in [3.63, 3.8) is 0 Å². The van der Waals surface area contributed by atoms with E-state index >= 15 is 0 Å². The van der Waals surface area contributed by atoms with Crippen molar-refractivity contribution in [2.24, 2.45) is 5.73 Å². The number of carboxylic acid groups (broad SMARTS) is 1. The van der Waals surface area contributed by atoms with Crippen molar-refractivity contribution in [3.8, 4) is 39.8 Å². The number of pyridine rings is 1. The SMILES string of the molecule is NC(=O)c1ccc(Oc2ccc(-n3cncn3)cc2)cc1-c1cccc(C(=O)O)c1NC(=O)c1ccc(Oc2cccc3cccnc23)cc1. The highest BCUT2D eigenvalue weighted by atomic mass is 16.5. The fraction of sp³-hybridized carbons (Fsp3) is 0. The van der Waals surface area contributed by atoms with E-state index in [0.29, 0.717) is 28.5 Å². The van der Waals surface area contributed by atoms with Gasteiger partial charge in [-0.15, -0.1) is 0 Å². The highest BCUT2D eigenvalue weighted by Crippen LogP contribution is 2.37. The summed E-state index contributed by atoms with van der Waals surface area (Å²) < 4.78 is 13.7. The maximum absolute atomic E-state index is 13.6. The zero-order chi connectivity index (χ0) is 34.6. The van der Waals surface area contributed by atoms with E-state index in [1.54, 1.807) is 90.0 Å². The minimum Gasteiger partial charge on any atom is -0.478 e. The van der Waals surface area contributed by atoms with E-state index in [4.69, 9.17) is 15.2 Å². The van der Waals surface area contributed by atoms with Crippen LogP contribution in [-0.2, 0) is 0 Å². The standard InChI is InChI=1S/C38H26N6O6/c39-36(45)30-18-17-28(49-26-15-11-25(12-16-26)44-22-40-21-42-44)20-32(30)29-6-2-7-31(38(47)48)35(29)43-37(46)24-9-13-27(14-10-24)50-33-8-1-4-23-5-3-19-41-34(23)33/h1-22H,(H2,39,45)(H,43,46)(H,47,48). The number of aromatic nitrogens is 4. The van der Waals surface area contributed by atoms with Crippen LogP contribution in [0.1, 0.15) is 31.1 Å². The molecule has 0 bridgehead atoms. The van der Waals surface area contributed by atoms with Gasteiger partial charge in [0, 0.05) is 33.8 Å². The summed E-state index contributed by atoms with van der Waals surface area (Å²) in [7, 11) is 0. The lowest BCUT2D eigenvalue weighted by molar-refractivity contribution is 0.0697. The molecule has 0 aliphatic carbocycles. The number of para-hydroxylation sites is 2. The number of aromatic carboxylic acids is 1.